The van der Waals surface area contributed by atoms with Crippen LogP contribution < -0.4 is 10.1 Å². The van der Waals surface area contributed by atoms with E-state index in [-0.39, 0.29) is 12.0 Å². The van der Waals surface area contributed by atoms with E-state index in [0.717, 1.165) is 24.0 Å². The van der Waals surface area contributed by atoms with Gasteiger partial charge in [-0.15, -0.1) is 0 Å². The van der Waals surface area contributed by atoms with Crippen LogP contribution in [0.5, 0.6) is 5.88 Å². The molecule has 1 aromatic carbocycles. The summed E-state index contributed by atoms with van der Waals surface area (Å²) in [5.41, 5.74) is 2.57. The molecule has 28 heavy (non-hydrogen) atoms. The predicted molar refractivity (Wildman–Crippen MR) is 104 cm³/mol. The van der Waals surface area contributed by atoms with Crippen molar-refractivity contribution in [2.75, 3.05) is 0 Å². The van der Waals surface area contributed by atoms with Gasteiger partial charge in [0.2, 0.25) is 5.88 Å². The predicted octanol–water partition coefficient (Wildman–Crippen LogP) is 2.97. The highest BCUT2D eigenvalue weighted by molar-refractivity contribution is 5.94. The number of ether oxygens (including phenoxy) is 1. The van der Waals surface area contributed by atoms with Crippen LogP contribution in [0.3, 0.4) is 0 Å². The third-order valence-corrected chi connectivity index (χ3v) is 4.90. The Hall–Kier alpha value is -3.22. The Morgan fingerprint density at radius 2 is 2.00 bits per heavy atom. The maximum Gasteiger partial charge on any atom is 0.251 e. The van der Waals surface area contributed by atoms with Crippen molar-refractivity contribution in [3.05, 3.63) is 71.9 Å². The molecule has 0 unspecified atom stereocenters. The summed E-state index contributed by atoms with van der Waals surface area (Å²) >= 11 is 0. The Kier molecular flexibility index (Phi) is 5.61. The van der Waals surface area contributed by atoms with Crippen molar-refractivity contribution in [2.45, 2.75) is 44.9 Å². The lowest BCUT2D eigenvalue weighted by Gasteiger charge is -2.15. The van der Waals surface area contributed by atoms with Gasteiger partial charge in [-0.1, -0.05) is 18.2 Å². The quantitative estimate of drug-likeness (QED) is 0.684. The molecule has 4 rings (SSSR count). The molecule has 7 heteroatoms. The Morgan fingerprint density at radius 1 is 1.18 bits per heavy atom. The van der Waals surface area contributed by atoms with Gasteiger partial charge in [-0.05, 0) is 49.4 Å². The number of carbonyl (C=O) groups excluding carboxylic acids is 1. The van der Waals surface area contributed by atoms with E-state index in [4.69, 9.17) is 4.74 Å². The molecule has 0 radical (unpaired) electrons. The van der Waals surface area contributed by atoms with Gasteiger partial charge in [-0.3, -0.25) is 4.79 Å². The normalized spacial score (nSPS) is 14.1. The van der Waals surface area contributed by atoms with E-state index in [1.807, 2.05) is 36.4 Å². The van der Waals surface area contributed by atoms with Crippen LogP contribution in [0.1, 0.15) is 47.2 Å². The van der Waals surface area contributed by atoms with Crippen molar-refractivity contribution in [2.24, 2.45) is 0 Å². The molecule has 1 aliphatic rings. The zero-order chi connectivity index (χ0) is 19.2. The molecule has 1 amide bonds. The molecule has 0 saturated heterocycles. The SMILES string of the molecule is O=C(NCc1cccnc1OC1CCCC1)c1ccc(Cn2cncn2)cc1. The minimum Gasteiger partial charge on any atom is -0.474 e. The zero-order valence-corrected chi connectivity index (χ0v) is 15.6. The summed E-state index contributed by atoms with van der Waals surface area (Å²) in [6.45, 7) is 1.01. The summed E-state index contributed by atoms with van der Waals surface area (Å²) in [5.74, 6) is 0.501. The van der Waals surface area contributed by atoms with Crippen LogP contribution in [0, 0.1) is 0 Å². The van der Waals surface area contributed by atoms with Gasteiger partial charge >= 0.3 is 0 Å². The lowest BCUT2D eigenvalue weighted by Crippen LogP contribution is -2.24. The van der Waals surface area contributed by atoms with Gasteiger partial charge in [0.05, 0.1) is 6.54 Å². The number of rotatable bonds is 7. The second kappa shape index (κ2) is 8.65. The Labute approximate surface area is 163 Å². The van der Waals surface area contributed by atoms with E-state index in [2.05, 4.69) is 20.4 Å². The smallest absolute Gasteiger partial charge is 0.251 e. The fraction of sp³-hybridized carbons (Fsp3) is 0.333. The van der Waals surface area contributed by atoms with Crippen LogP contribution in [0.4, 0.5) is 0 Å². The van der Waals surface area contributed by atoms with Gasteiger partial charge in [0.15, 0.2) is 0 Å². The summed E-state index contributed by atoms with van der Waals surface area (Å²) in [7, 11) is 0. The lowest BCUT2D eigenvalue weighted by molar-refractivity contribution is 0.0950. The molecule has 3 aromatic rings. The van der Waals surface area contributed by atoms with Crippen LogP contribution in [-0.4, -0.2) is 31.8 Å². The fourth-order valence-corrected chi connectivity index (χ4v) is 3.37. The van der Waals surface area contributed by atoms with Crippen LogP contribution in [0.25, 0.3) is 0 Å². The number of nitrogens with zero attached hydrogens (tertiary/aromatic N) is 4. The fourth-order valence-electron chi connectivity index (χ4n) is 3.37. The third-order valence-electron chi connectivity index (χ3n) is 4.90. The number of pyridine rings is 1. The van der Waals surface area contributed by atoms with E-state index < -0.39 is 0 Å². The Balaban J connectivity index is 1.35. The monoisotopic (exact) mass is 377 g/mol. The third kappa shape index (κ3) is 4.54. The zero-order valence-electron chi connectivity index (χ0n) is 15.6. The van der Waals surface area contributed by atoms with Crippen molar-refractivity contribution >= 4 is 5.91 Å². The first-order chi connectivity index (χ1) is 13.8. The van der Waals surface area contributed by atoms with Gasteiger partial charge in [-0.25, -0.2) is 14.6 Å². The number of benzene rings is 1. The van der Waals surface area contributed by atoms with E-state index in [9.17, 15) is 4.79 Å². The van der Waals surface area contributed by atoms with Crippen LogP contribution in [0.15, 0.2) is 55.2 Å². The van der Waals surface area contributed by atoms with E-state index in [1.165, 1.54) is 19.2 Å². The second-order valence-electron chi connectivity index (χ2n) is 6.96. The average Bonchev–Trinajstić information content (AvgIpc) is 3.42. The molecule has 144 valence electrons. The number of hydrogen-bond acceptors (Lipinski definition) is 5. The van der Waals surface area contributed by atoms with Crippen molar-refractivity contribution in [1.29, 1.82) is 0 Å². The summed E-state index contributed by atoms with van der Waals surface area (Å²) in [6, 6.07) is 11.3. The second-order valence-corrected chi connectivity index (χ2v) is 6.96. The Morgan fingerprint density at radius 3 is 2.75 bits per heavy atom. The van der Waals surface area contributed by atoms with Crippen LogP contribution >= 0.6 is 0 Å². The van der Waals surface area contributed by atoms with Gasteiger partial charge in [-0.2, -0.15) is 5.10 Å². The maximum absolute atomic E-state index is 12.5. The molecule has 2 heterocycles. The molecule has 1 N–H and O–H groups in total. The van der Waals surface area contributed by atoms with Crippen molar-refractivity contribution in [3.8, 4) is 5.88 Å². The standard InChI is InChI=1S/C21H23N5O2/c27-20(17-9-7-16(8-10-17)13-26-15-22-14-25-26)24-12-18-4-3-11-23-21(18)28-19-5-1-2-6-19/h3-4,7-11,14-15,19H,1-2,5-6,12-13H2,(H,24,27). The van der Waals surface area contributed by atoms with Crippen molar-refractivity contribution < 1.29 is 9.53 Å². The van der Waals surface area contributed by atoms with Crippen LogP contribution in [0.2, 0.25) is 0 Å². The largest absolute Gasteiger partial charge is 0.474 e. The molecule has 2 aromatic heterocycles. The molecular weight excluding hydrogens is 354 g/mol. The number of carbonyl (C=O) groups is 1. The van der Waals surface area contributed by atoms with E-state index in [0.29, 0.717) is 24.5 Å². The topological polar surface area (TPSA) is 81.9 Å². The summed E-state index contributed by atoms with van der Waals surface area (Å²) in [6.07, 6.45) is 9.69. The minimum absolute atomic E-state index is 0.122. The van der Waals surface area contributed by atoms with Gasteiger partial charge in [0.25, 0.3) is 5.91 Å². The number of hydrogen-bond donors (Lipinski definition) is 1. The van der Waals surface area contributed by atoms with Gasteiger partial charge in [0, 0.05) is 23.9 Å². The number of aromatic nitrogens is 4. The van der Waals surface area contributed by atoms with Crippen LogP contribution in [-0.2, 0) is 13.1 Å². The lowest BCUT2D eigenvalue weighted by atomic mass is 10.1. The minimum atomic E-state index is -0.122. The van der Waals surface area contributed by atoms with Crippen molar-refractivity contribution in [3.63, 3.8) is 0 Å². The van der Waals surface area contributed by atoms with E-state index in [1.54, 1.807) is 17.2 Å². The summed E-state index contributed by atoms with van der Waals surface area (Å²) < 4.78 is 7.77. The first-order valence-corrected chi connectivity index (χ1v) is 9.58. The molecule has 1 saturated carbocycles. The molecule has 0 atom stereocenters. The van der Waals surface area contributed by atoms with Gasteiger partial charge in [0.1, 0.15) is 18.8 Å². The molecule has 7 nitrogen and oxygen atoms in total. The number of nitrogens with one attached hydrogen (secondary N) is 1. The first-order valence-electron chi connectivity index (χ1n) is 9.58. The molecular formula is C21H23N5O2. The first kappa shape index (κ1) is 18.2. The van der Waals surface area contributed by atoms with Gasteiger partial charge < -0.3 is 10.1 Å². The number of amides is 1. The molecule has 0 aliphatic heterocycles. The van der Waals surface area contributed by atoms with E-state index >= 15 is 0 Å². The maximum atomic E-state index is 12.5. The average molecular weight is 377 g/mol. The van der Waals surface area contributed by atoms with Crippen molar-refractivity contribution in [1.82, 2.24) is 25.1 Å². The summed E-state index contributed by atoms with van der Waals surface area (Å²) in [4.78, 5) is 20.8. The molecule has 0 spiro atoms. The highest BCUT2D eigenvalue weighted by Gasteiger charge is 2.18. The Bertz CT molecular complexity index is 903. The highest BCUT2D eigenvalue weighted by Crippen LogP contribution is 2.25. The summed E-state index contributed by atoms with van der Waals surface area (Å²) in [5, 5.41) is 7.04. The highest BCUT2D eigenvalue weighted by atomic mass is 16.5. The molecule has 1 aliphatic carbocycles. The molecule has 0 bridgehead atoms. The molecule has 1 fully saturated rings.